The van der Waals surface area contributed by atoms with Crippen LogP contribution in [0.25, 0.3) is 0 Å². The fourth-order valence-electron chi connectivity index (χ4n) is 2.04. The summed E-state index contributed by atoms with van der Waals surface area (Å²) in [5, 5.41) is 0. The summed E-state index contributed by atoms with van der Waals surface area (Å²) in [6, 6.07) is 9.08. The van der Waals surface area contributed by atoms with Crippen molar-refractivity contribution in [1.82, 2.24) is 5.43 Å². The second kappa shape index (κ2) is 5.77. The van der Waals surface area contributed by atoms with Crippen LogP contribution in [0.1, 0.15) is 22.7 Å². The van der Waals surface area contributed by atoms with E-state index in [1.807, 2.05) is 25.1 Å². The van der Waals surface area contributed by atoms with Crippen molar-refractivity contribution in [2.75, 3.05) is 0 Å². The molecule has 1 atom stereocenters. The molecule has 2 rings (SSSR count). The Hall–Kier alpha value is -1.30. The molecule has 100 valence electrons. The van der Waals surface area contributed by atoms with Gasteiger partial charge in [0.15, 0.2) is 11.6 Å². The van der Waals surface area contributed by atoms with Crippen molar-refractivity contribution in [2.45, 2.75) is 13.0 Å². The molecule has 0 amide bonds. The Morgan fingerprint density at radius 2 is 1.95 bits per heavy atom. The molecule has 1 unspecified atom stereocenters. The Kier molecular flexibility index (Phi) is 4.29. The maximum atomic E-state index is 13.8. The zero-order valence-corrected chi connectivity index (χ0v) is 11.8. The maximum absolute atomic E-state index is 13.8. The van der Waals surface area contributed by atoms with Gasteiger partial charge in [-0.25, -0.2) is 14.2 Å². The largest absolute Gasteiger partial charge is 0.271 e. The number of halogens is 3. The Labute approximate surface area is 118 Å². The van der Waals surface area contributed by atoms with Crippen molar-refractivity contribution in [1.29, 1.82) is 0 Å². The number of nitrogens with two attached hydrogens (primary N) is 1. The molecule has 0 fully saturated rings. The summed E-state index contributed by atoms with van der Waals surface area (Å²) < 4.78 is 28.0. The number of benzene rings is 2. The molecule has 2 aromatic rings. The summed E-state index contributed by atoms with van der Waals surface area (Å²) in [5.74, 6) is 3.73. The van der Waals surface area contributed by atoms with Crippen LogP contribution in [0.2, 0.25) is 0 Å². The molecule has 0 aliphatic carbocycles. The topological polar surface area (TPSA) is 38.0 Å². The average molecular weight is 327 g/mol. The van der Waals surface area contributed by atoms with Crippen molar-refractivity contribution in [3.8, 4) is 0 Å². The van der Waals surface area contributed by atoms with Crippen molar-refractivity contribution in [3.05, 3.63) is 69.2 Å². The average Bonchev–Trinajstić information content (AvgIpc) is 2.34. The number of rotatable bonds is 3. The fourth-order valence-corrected chi connectivity index (χ4v) is 2.67. The Morgan fingerprint density at radius 1 is 1.21 bits per heavy atom. The van der Waals surface area contributed by atoms with Gasteiger partial charge in [-0.3, -0.25) is 5.84 Å². The van der Waals surface area contributed by atoms with Crippen molar-refractivity contribution >= 4 is 15.9 Å². The highest BCUT2D eigenvalue weighted by Crippen LogP contribution is 2.28. The van der Waals surface area contributed by atoms with Crippen LogP contribution < -0.4 is 11.3 Å². The molecule has 0 aliphatic heterocycles. The first kappa shape index (κ1) is 14.1. The summed E-state index contributed by atoms with van der Waals surface area (Å²) >= 11 is 3.38. The molecule has 2 aromatic carbocycles. The lowest BCUT2D eigenvalue weighted by Gasteiger charge is -2.18. The molecule has 0 heterocycles. The Bertz CT molecular complexity index is 582. The lowest BCUT2D eigenvalue weighted by molar-refractivity contribution is 0.483. The number of hydrogen-bond donors (Lipinski definition) is 2. The second-order valence-electron chi connectivity index (χ2n) is 4.30. The maximum Gasteiger partial charge on any atom is 0.163 e. The van der Waals surface area contributed by atoms with E-state index in [1.165, 1.54) is 12.1 Å². The normalized spacial score (nSPS) is 12.5. The predicted molar refractivity (Wildman–Crippen MR) is 74.4 cm³/mol. The van der Waals surface area contributed by atoms with Gasteiger partial charge in [0.2, 0.25) is 0 Å². The van der Waals surface area contributed by atoms with E-state index in [-0.39, 0.29) is 5.56 Å². The predicted octanol–water partition coefficient (Wildman–Crippen LogP) is 3.59. The molecule has 0 bridgehead atoms. The Balaban J connectivity index is 2.53. The molecule has 19 heavy (non-hydrogen) atoms. The quantitative estimate of drug-likeness (QED) is 0.668. The molecule has 0 aromatic heterocycles. The van der Waals surface area contributed by atoms with E-state index >= 15 is 0 Å². The molecule has 0 saturated heterocycles. The Morgan fingerprint density at radius 3 is 2.58 bits per heavy atom. The van der Waals surface area contributed by atoms with Crippen LogP contribution in [0.3, 0.4) is 0 Å². The van der Waals surface area contributed by atoms with Crippen molar-refractivity contribution in [3.63, 3.8) is 0 Å². The monoisotopic (exact) mass is 326 g/mol. The van der Waals surface area contributed by atoms with Gasteiger partial charge in [0.1, 0.15) is 0 Å². The zero-order chi connectivity index (χ0) is 14.0. The third-order valence-corrected chi connectivity index (χ3v) is 3.31. The van der Waals surface area contributed by atoms with Gasteiger partial charge in [-0.2, -0.15) is 0 Å². The summed E-state index contributed by atoms with van der Waals surface area (Å²) in [6.45, 7) is 1.92. The van der Waals surface area contributed by atoms with Crippen LogP contribution in [0.15, 0.2) is 40.9 Å². The number of nitrogens with one attached hydrogen (secondary N) is 1. The minimum atomic E-state index is -0.886. The molecule has 5 heteroatoms. The van der Waals surface area contributed by atoms with Gasteiger partial charge >= 0.3 is 0 Å². The van der Waals surface area contributed by atoms with Crippen molar-refractivity contribution < 1.29 is 8.78 Å². The standard InChI is InChI=1S/C14H13BrF2N2/c1-8-5-9(7-10(15)6-8)14(19-18)11-3-2-4-12(16)13(11)17/h2-7,14,19H,18H2,1H3. The number of hydrogen-bond acceptors (Lipinski definition) is 2. The molecule has 2 nitrogen and oxygen atoms in total. The van der Waals surface area contributed by atoms with Gasteiger partial charge in [0.25, 0.3) is 0 Å². The lowest BCUT2D eigenvalue weighted by Crippen LogP contribution is -2.29. The highest BCUT2D eigenvalue weighted by Gasteiger charge is 2.19. The van der Waals surface area contributed by atoms with Gasteiger partial charge in [-0.1, -0.05) is 34.1 Å². The van der Waals surface area contributed by atoms with Gasteiger partial charge in [-0.15, -0.1) is 0 Å². The minimum Gasteiger partial charge on any atom is -0.271 e. The first-order valence-electron chi connectivity index (χ1n) is 5.70. The fraction of sp³-hybridized carbons (Fsp3) is 0.143. The van der Waals surface area contributed by atoms with Crippen LogP contribution in [0.5, 0.6) is 0 Å². The second-order valence-corrected chi connectivity index (χ2v) is 5.22. The van der Waals surface area contributed by atoms with E-state index in [2.05, 4.69) is 21.4 Å². The van der Waals surface area contributed by atoms with E-state index in [1.54, 1.807) is 0 Å². The van der Waals surface area contributed by atoms with Gasteiger partial charge in [0.05, 0.1) is 6.04 Å². The van der Waals surface area contributed by atoms with Gasteiger partial charge < -0.3 is 0 Å². The zero-order valence-electron chi connectivity index (χ0n) is 10.3. The van der Waals surface area contributed by atoms with Crippen LogP contribution in [-0.2, 0) is 0 Å². The van der Waals surface area contributed by atoms with Gasteiger partial charge in [-0.05, 0) is 36.2 Å². The minimum absolute atomic E-state index is 0.181. The molecule has 0 radical (unpaired) electrons. The number of hydrazine groups is 1. The van der Waals surface area contributed by atoms with E-state index in [9.17, 15) is 8.78 Å². The molecular weight excluding hydrogens is 314 g/mol. The smallest absolute Gasteiger partial charge is 0.163 e. The summed E-state index contributed by atoms with van der Waals surface area (Å²) in [4.78, 5) is 0. The highest BCUT2D eigenvalue weighted by molar-refractivity contribution is 9.10. The molecule has 0 saturated carbocycles. The van der Waals surface area contributed by atoms with Gasteiger partial charge in [0, 0.05) is 10.0 Å². The van der Waals surface area contributed by atoms with E-state index in [4.69, 9.17) is 5.84 Å². The summed E-state index contributed by atoms with van der Waals surface area (Å²) in [5.41, 5.74) is 4.47. The first-order chi connectivity index (χ1) is 9.02. The third-order valence-electron chi connectivity index (χ3n) is 2.86. The molecule has 3 N–H and O–H groups in total. The summed E-state index contributed by atoms with van der Waals surface area (Å²) in [6.07, 6.45) is 0. The SMILES string of the molecule is Cc1cc(Br)cc(C(NN)c2cccc(F)c2F)c1. The van der Waals surface area contributed by atoms with Crippen LogP contribution in [0, 0.1) is 18.6 Å². The first-order valence-corrected chi connectivity index (χ1v) is 6.49. The third kappa shape index (κ3) is 3.00. The highest BCUT2D eigenvalue weighted by atomic mass is 79.9. The van der Waals surface area contributed by atoms with E-state index < -0.39 is 17.7 Å². The lowest BCUT2D eigenvalue weighted by atomic mass is 9.97. The van der Waals surface area contributed by atoms with Crippen LogP contribution in [0.4, 0.5) is 8.78 Å². The summed E-state index contributed by atoms with van der Waals surface area (Å²) in [7, 11) is 0. The molecular formula is C14H13BrF2N2. The molecule has 0 aliphatic rings. The molecule has 0 spiro atoms. The van der Waals surface area contributed by atoms with Crippen LogP contribution >= 0.6 is 15.9 Å². The van der Waals surface area contributed by atoms with Crippen LogP contribution in [-0.4, -0.2) is 0 Å². The van der Waals surface area contributed by atoms with E-state index in [0.717, 1.165) is 21.7 Å². The van der Waals surface area contributed by atoms with E-state index in [0.29, 0.717) is 0 Å². The number of aryl methyl sites for hydroxylation is 1. The van der Waals surface area contributed by atoms with Crippen molar-refractivity contribution in [2.24, 2.45) is 5.84 Å².